The van der Waals surface area contributed by atoms with Crippen molar-refractivity contribution in [3.8, 4) is 6.07 Å². The second kappa shape index (κ2) is 6.91. The van der Waals surface area contributed by atoms with Crippen molar-refractivity contribution in [1.82, 2.24) is 9.78 Å². The minimum Gasteiger partial charge on any atom is -0.444 e. The summed E-state index contributed by atoms with van der Waals surface area (Å²) in [6.07, 6.45) is -0.813. The number of hydrogen-bond donors (Lipinski definition) is 0. The van der Waals surface area contributed by atoms with Crippen molar-refractivity contribution in [2.24, 2.45) is 0 Å². The molecular weight excluding hydrogens is 312 g/mol. The summed E-state index contributed by atoms with van der Waals surface area (Å²) in [5, 5.41) is 23.8. The van der Waals surface area contributed by atoms with E-state index in [9.17, 15) is 14.9 Å². The fraction of sp³-hybridized carbons (Fsp3) is 0.312. The summed E-state index contributed by atoms with van der Waals surface area (Å²) in [5.74, 6) is -0.572. The number of carbonyl (C=O) groups excluding carboxylic acids is 1. The summed E-state index contributed by atoms with van der Waals surface area (Å²) in [4.78, 5) is 22.4. The summed E-state index contributed by atoms with van der Waals surface area (Å²) >= 11 is 0. The molecule has 0 bridgehead atoms. The summed E-state index contributed by atoms with van der Waals surface area (Å²) in [7, 11) is 0. The molecule has 0 saturated carbocycles. The predicted molar refractivity (Wildman–Crippen MR) is 84.4 cm³/mol. The van der Waals surface area contributed by atoms with E-state index in [0.717, 1.165) is 5.56 Å². The average Bonchev–Trinajstić information content (AvgIpc) is 2.81. The van der Waals surface area contributed by atoms with Gasteiger partial charge in [0.15, 0.2) is 6.10 Å². The Bertz CT molecular complexity index is 818. The van der Waals surface area contributed by atoms with Crippen LogP contribution in [0.3, 0.4) is 0 Å². The first-order valence-corrected chi connectivity index (χ1v) is 7.21. The second-order valence-electron chi connectivity index (χ2n) is 5.31. The molecule has 0 aliphatic heterocycles. The van der Waals surface area contributed by atoms with Gasteiger partial charge in [0.25, 0.3) is 0 Å². The molecule has 0 aliphatic rings. The van der Waals surface area contributed by atoms with Gasteiger partial charge in [-0.05, 0) is 38.5 Å². The molecule has 8 nitrogen and oxygen atoms in total. The maximum absolute atomic E-state index is 11.8. The van der Waals surface area contributed by atoms with Gasteiger partial charge in [-0.15, -0.1) is 0 Å². The molecule has 0 spiro atoms. The van der Waals surface area contributed by atoms with Crippen molar-refractivity contribution in [2.75, 3.05) is 0 Å². The lowest BCUT2D eigenvalue weighted by molar-refractivity contribution is -0.386. The van der Waals surface area contributed by atoms with E-state index in [1.54, 1.807) is 42.8 Å². The predicted octanol–water partition coefficient (Wildman–Crippen LogP) is 2.53. The Morgan fingerprint density at radius 2 is 2.04 bits per heavy atom. The van der Waals surface area contributed by atoms with Crippen LogP contribution < -0.4 is 0 Å². The van der Waals surface area contributed by atoms with Crippen LogP contribution in [0.1, 0.15) is 34.2 Å². The number of benzene rings is 1. The van der Waals surface area contributed by atoms with E-state index < -0.39 is 17.0 Å². The first-order chi connectivity index (χ1) is 11.3. The number of ether oxygens (including phenoxy) is 1. The third kappa shape index (κ3) is 3.57. The number of esters is 1. The number of nitro groups is 1. The van der Waals surface area contributed by atoms with Crippen LogP contribution in [0.15, 0.2) is 24.3 Å². The molecule has 2 rings (SSSR count). The highest BCUT2D eigenvalue weighted by atomic mass is 16.6. The summed E-state index contributed by atoms with van der Waals surface area (Å²) in [5.41, 5.74) is 2.02. The fourth-order valence-corrected chi connectivity index (χ4v) is 2.28. The van der Waals surface area contributed by atoms with Gasteiger partial charge in [0.1, 0.15) is 17.5 Å². The number of rotatable bonds is 5. The first-order valence-electron chi connectivity index (χ1n) is 7.21. The second-order valence-corrected chi connectivity index (χ2v) is 5.31. The SMILES string of the molecule is Cc1nn(Cc2ccc(C(=O)O[C@H](C)C#N)cc2)c(C)c1[N+](=O)[O-]. The van der Waals surface area contributed by atoms with Crippen LogP contribution in [0.5, 0.6) is 0 Å². The topological polar surface area (TPSA) is 111 Å². The zero-order valence-electron chi connectivity index (χ0n) is 13.5. The van der Waals surface area contributed by atoms with Gasteiger partial charge in [-0.2, -0.15) is 10.4 Å². The van der Waals surface area contributed by atoms with Gasteiger partial charge in [0, 0.05) is 0 Å². The molecule has 0 unspecified atom stereocenters. The lowest BCUT2D eigenvalue weighted by Crippen LogP contribution is -2.13. The quantitative estimate of drug-likeness (QED) is 0.473. The molecule has 0 N–H and O–H groups in total. The molecule has 0 saturated heterocycles. The van der Waals surface area contributed by atoms with Gasteiger partial charge in [-0.25, -0.2) is 4.79 Å². The normalized spacial score (nSPS) is 11.6. The highest BCUT2D eigenvalue weighted by Gasteiger charge is 2.21. The van der Waals surface area contributed by atoms with Crippen LogP contribution in [0.4, 0.5) is 5.69 Å². The monoisotopic (exact) mass is 328 g/mol. The van der Waals surface area contributed by atoms with Crippen molar-refractivity contribution in [1.29, 1.82) is 5.26 Å². The largest absolute Gasteiger partial charge is 0.444 e. The number of nitriles is 1. The van der Waals surface area contributed by atoms with Crippen molar-refractivity contribution < 1.29 is 14.5 Å². The third-order valence-electron chi connectivity index (χ3n) is 3.51. The van der Waals surface area contributed by atoms with Crippen LogP contribution in [0.25, 0.3) is 0 Å². The number of carbonyl (C=O) groups is 1. The van der Waals surface area contributed by atoms with E-state index in [1.807, 2.05) is 6.07 Å². The van der Waals surface area contributed by atoms with E-state index >= 15 is 0 Å². The molecule has 0 amide bonds. The zero-order chi connectivity index (χ0) is 17.9. The van der Waals surface area contributed by atoms with Gasteiger partial charge in [-0.3, -0.25) is 14.8 Å². The fourth-order valence-electron chi connectivity index (χ4n) is 2.28. The van der Waals surface area contributed by atoms with Crippen LogP contribution in [0, 0.1) is 35.3 Å². The smallest absolute Gasteiger partial charge is 0.339 e. The highest BCUT2D eigenvalue weighted by Crippen LogP contribution is 2.22. The number of aromatic nitrogens is 2. The molecule has 0 aliphatic carbocycles. The highest BCUT2D eigenvalue weighted by molar-refractivity contribution is 5.89. The van der Waals surface area contributed by atoms with E-state index in [4.69, 9.17) is 10.00 Å². The Morgan fingerprint density at radius 3 is 2.54 bits per heavy atom. The molecule has 2 aromatic rings. The van der Waals surface area contributed by atoms with Crippen molar-refractivity contribution >= 4 is 11.7 Å². The first kappa shape index (κ1) is 17.1. The van der Waals surface area contributed by atoms with Crippen LogP contribution in [0.2, 0.25) is 0 Å². The van der Waals surface area contributed by atoms with E-state index in [2.05, 4.69) is 5.10 Å². The Hall–Kier alpha value is -3.21. The summed E-state index contributed by atoms with van der Waals surface area (Å²) in [6.45, 7) is 5.08. The molecule has 1 aromatic carbocycles. The molecule has 24 heavy (non-hydrogen) atoms. The third-order valence-corrected chi connectivity index (χ3v) is 3.51. The van der Waals surface area contributed by atoms with Crippen LogP contribution in [-0.4, -0.2) is 26.8 Å². The Labute approximate surface area is 138 Å². The number of aryl methyl sites for hydroxylation is 1. The van der Waals surface area contributed by atoms with Crippen LogP contribution >= 0.6 is 0 Å². The summed E-state index contributed by atoms with van der Waals surface area (Å²) < 4.78 is 6.47. The van der Waals surface area contributed by atoms with E-state index in [1.165, 1.54) is 6.92 Å². The molecule has 124 valence electrons. The Balaban J connectivity index is 2.16. The molecular formula is C16H16N4O4. The van der Waals surface area contributed by atoms with Gasteiger partial charge >= 0.3 is 11.7 Å². The Kier molecular flexibility index (Phi) is 4.94. The lowest BCUT2D eigenvalue weighted by Gasteiger charge is -2.07. The zero-order valence-corrected chi connectivity index (χ0v) is 13.5. The van der Waals surface area contributed by atoms with Gasteiger partial charge < -0.3 is 4.74 Å². The van der Waals surface area contributed by atoms with E-state index in [0.29, 0.717) is 23.5 Å². The molecule has 0 radical (unpaired) electrons. The minimum atomic E-state index is -0.813. The lowest BCUT2D eigenvalue weighted by atomic mass is 10.1. The van der Waals surface area contributed by atoms with Crippen molar-refractivity contribution in [3.05, 3.63) is 56.9 Å². The average molecular weight is 328 g/mol. The minimum absolute atomic E-state index is 0.0145. The Morgan fingerprint density at radius 1 is 1.42 bits per heavy atom. The van der Waals surface area contributed by atoms with E-state index in [-0.39, 0.29) is 5.69 Å². The molecule has 1 aromatic heterocycles. The maximum atomic E-state index is 11.8. The molecule has 1 atom stereocenters. The van der Waals surface area contributed by atoms with Gasteiger partial charge in [0.05, 0.1) is 17.0 Å². The standard InChI is InChI=1S/C16H16N4O4/c1-10(8-17)24-16(21)14-6-4-13(5-7-14)9-19-12(3)15(20(22)23)11(2)18-19/h4-7,10H,9H2,1-3H3/t10-/m1/s1. The van der Waals surface area contributed by atoms with Gasteiger partial charge in [-0.1, -0.05) is 12.1 Å². The molecule has 8 heteroatoms. The summed E-state index contributed by atoms with van der Waals surface area (Å²) in [6, 6.07) is 8.43. The molecule has 0 fully saturated rings. The van der Waals surface area contributed by atoms with Gasteiger partial charge in [0.2, 0.25) is 0 Å². The maximum Gasteiger partial charge on any atom is 0.339 e. The van der Waals surface area contributed by atoms with Crippen molar-refractivity contribution in [3.63, 3.8) is 0 Å². The van der Waals surface area contributed by atoms with Crippen LogP contribution in [-0.2, 0) is 11.3 Å². The van der Waals surface area contributed by atoms with Crippen molar-refractivity contribution in [2.45, 2.75) is 33.4 Å². The number of nitrogens with zero attached hydrogens (tertiary/aromatic N) is 4. The molecule has 1 heterocycles. The number of hydrogen-bond acceptors (Lipinski definition) is 6.